The van der Waals surface area contributed by atoms with E-state index in [1.54, 1.807) is 19.2 Å². The lowest BCUT2D eigenvalue weighted by atomic mass is 9.82. The number of rotatable bonds is 8. The van der Waals surface area contributed by atoms with Gasteiger partial charge in [0.1, 0.15) is 11.2 Å². The summed E-state index contributed by atoms with van der Waals surface area (Å²) in [6.07, 6.45) is 8.92. The Hall–Kier alpha value is -4.09. The van der Waals surface area contributed by atoms with Gasteiger partial charge in [0.15, 0.2) is 5.82 Å². The number of nitro groups is 1. The summed E-state index contributed by atoms with van der Waals surface area (Å²) in [5.41, 5.74) is 2.18. The topological polar surface area (TPSA) is 117 Å². The molecule has 4 aromatic rings. The van der Waals surface area contributed by atoms with Gasteiger partial charge in [0.05, 0.1) is 11.1 Å². The van der Waals surface area contributed by atoms with E-state index in [0.29, 0.717) is 30.0 Å². The van der Waals surface area contributed by atoms with Crippen molar-refractivity contribution in [2.45, 2.75) is 18.0 Å². The number of aromatic nitrogens is 4. The van der Waals surface area contributed by atoms with Gasteiger partial charge < -0.3 is 25.1 Å². The van der Waals surface area contributed by atoms with Crippen LogP contribution in [0.4, 0.5) is 10.3 Å². The first-order chi connectivity index (χ1) is 17.7. The summed E-state index contributed by atoms with van der Waals surface area (Å²) < 4.78 is 16.8. The van der Waals surface area contributed by atoms with Gasteiger partial charge >= 0.3 is 0 Å². The highest BCUT2D eigenvalue weighted by molar-refractivity contribution is 6.03. The van der Waals surface area contributed by atoms with Gasteiger partial charge in [-0.2, -0.15) is 4.98 Å². The van der Waals surface area contributed by atoms with Gasteiger partial charge in [0.2, 0.25) is 5.95 Å². The van der Waals surface area contributed by atoms with Crippen LogP contribution in [-0.4, -0.2) is 68.6 Å². The Morgan fingerprint density at radius 1 is 1.30 bits per heavy atom. The Kier molecular flexibility index (Phi) is 6.26. The quantitative estimate of drug-likeness (QED) is 0.248. The Balaban J connectivity index is 1.56. The Morgan fingerprint density at radius 3 is 2.81 bits per heavy atom. The van der Waals surface area contributed by atoms with Crippen molar-refractivity contribution in [3.63, 3.8) is 0 Å². The Morgan fingerprint density at radius 2 is 2.08 bits per heavy atom. The number of anilines is 1. The van der Waals surface area contributed by atoms with Crippen LogP contribution in [0.15, 0.2) is 60.6 Å². The molecular formula is C26H29FN8O2. The molecule has 0 fully saturated rings. The van der Waals surface area contributed by atoms with Gasteiger partial charge in [0, 0.05) is 52.6 Å². The Labute approximate surface area is 213 Å². The van der Waals surface area contributed by atoms with Crippen LogP contribution in [-0.2, 0) is 7.05 Å². The average molecular weight is 505 g/mol. The van der Waals surface area contributed by atoms with Gasteiger partial charge in [-0.3, -0.25) is 10.1 Å². The van der Waals surface area contributed by atoms with Crippen LogP contribution in [0.1, 0.15) is 6.42 Å². The molecule has 0 saturated heterocycles. The number of hydrogen-bond acceptors (Lipinski definition) is 7. The van der Waals surface area contributed by atoms with Crippen molar-refractivity contribution in [1.82, 2.24) is 29.7 Å². The van der Waals surface area contributed by atoms with Crippen molar-refractivity contribution in [2.75, 3.05) is 33.0 Å². The smallest absolute Gasteiger partial charge is 0.254 e. The number of nitrogens with zero attached hydrogens (tertiary/aromatic N) is 5. The molecule has 1 aliphatic rings. The lowest BCUT2D eigenvalue weighted by molar-refractivity contribution is -0.519. The number of para-hydroxylation sites is 1. The maximum atomic E-state index is 14.8. The van der Waals surface area contributed by atoms with E-state index < -0.39 is 17.4 Å². The molecule has 10 nitrogen and oxygen atoms in total. The summed E-state index contributed by atoms with van der Waals surface area (Å²) in [7, 11) is 7.53. The van der Waals surface area contributed by atoms with Crippen molar-refractivity contribution in [2.24, 2.45) is 7.05 Å². The van der Waals surface area contributed by atoms with Crippen LogP contribution in [0, 0.1) is 15.9 Å². The molecule has 192 valence electrons. The normalized spacial score (nSPS) is 19.6. The van der Waals surface area contributed by atoms with Crippen LogP contribution in [0.3, 0.4) is 0 Å². The van der Waals surface area contributed by atoms with E-state index >= 15 is 0 Å². The minimum Gasteiger partial charge on any atom is -0.350 e. The second-order valence-corrected chi connectivity index (χ2v) is 9.58. The monoisotopic (exact) mass is 504 g/mol. The Bertz CT molecular complexity index is 1550. The highest BCUT2D eigenvalue weighted by Gasteiger charge is 2.44. The summed E-state index contributed by atoms with van der Waals surface area (Å²) in [4.78, 5) is 25.8. The first-order valence-electron chi connectivity index (χ1n) is 12.0. The molecule has 5 rings (SSSR count). The van der Waals surface area contributed by atoms with E-state index in [2.05, 4.69) is 25.6 Å². The SMILES string of the molecule is CNC1(CCN(C)C)C=CC(Nc2nc(-c3cn(C)c4ccccc34)c3c(F)c[nH]c3n2)=CC1[N+](=O)[O-]. The summed E-state index contributed by atoms with van der Waals surface area (Å²) in [6.45, 7) is 0.679. The third-order valence-corrected chi connectivity index (χ3v) is 6.98. The predicted molar refractivity (Wildman–Crippen MR) is 142 cm³/mol. The first kappa shape index (κ1) is 24.6. The number of halogens is 1. The number of fused-ring (bicyclic) bond motifs is 2. The second kappa shape index (κ2) is 9.41. The second-order valence-electron chi connectivity index (χ2n) is 9.58. The number of aryl methyl sites for hydroxylation is 1. The molecule has 2 atom stereocenters. The zero-order chi connectivity index (χ0) is 26.3. The van der Waals surface area contributed by atoms with E-state index in [0.717, 1.165) is 16.5 Å². The van der Waals surface area contributed by atoms with Gasteiger partial charge in [-0.25, -0.2) is 9.37 Å². The molecule has 3 aromatic heterocycles. The summed E-state index contributed by atoms with van der Waals surface area (Å²) in [6, 6.07) is 6.83. The lowest BCUT2D eigenvalue weighted by Crippen LogP contribution is -2.56. The predicted octanol–water partition coefficient (Wildman–Crippen LogP) is 3.68. The first-order valence-corrected chi connectivity index (χ1v) is 12.0. The highest BCUT2D eigenvalue weighted by Crippen LogP contribution is 2.35. The maximum absolute atomic E-state index is 14.8. The van der Waals surface area contributed by atoms with Gasteiger partial charge in [-0.15, -0.1) is 0 Å². The average Bonchev–Trinajstić information content (AvgIpc) is 3.42. The van der Waals surface area contributed by atoms with E-state index in [-0.39, 0.29) is 16.3 Å². The van der Waals surface area contributed by atoms with Gasteiger partial charge in [0.25, 0.3) is 6.04 Å². The molecule has 0 bridgehead atoms. The van der Waals surface area contributed by atoms with E-state index in [1.807, 2.05) is 67.1 Å². The third kappa shape index (κ3) is 4.36. The van der Waals surface area contributed by atoms with E-state index in [4.69, 9.17) is 0 Å². The fourth-order valence-electron chi connectivity index (χ4n) is 4.95. The maximum Gasteiger partial charge on any atom is 0.254 e. The molecular weight excluding hydrogens is 475 g/mol. The highest BCUT2D eigenvalue weighted by atomic mass is 19.1. The number of allylic oxidation sites excluding steroid dienone is 1. The van der Waals surface area contributed by atoms with Crippen molar-refractivity contribution >= 4 is 27.9 Å². The number of likely N-dealkylation sites (N-methyl/N-ethyl adjacent to an activating group) is 1. The molecule has 0 spiro atoms. The molecule has 0 radical (unpaired) electrons. The molecule has 37 heavy (non-hydrogen) atoms. The number of benzene rings is 1. The fourth-order valence-corrected chi connectivity index (χ4v) is 4.95. The zero-order valence-electron chi connectivity index (χ0n) is 21.1. The number of nitrogens with one attached hydrogen (secondary N) is 3. The van der Waals surface area contributed by atoms with E-state index in [9.17, 15) is 14.5 Å². The van der Waals surface area contributed by atoms with Crippen molar-refractivity contribution in [3.05, 3.63) is 76.5 Å². The van der Waals surface area contributed by atoms with Gasteiger partial charge in [-0.1, -0.05) is 24.3 Å². The molecule has 0 saturated carbocycles. The van der Waals surface area contributed by atoms with Gasteiger partial charge in [-0.05, 0) is 46.3 Å². The van der Waals surface area contributed by atoms with Crippen LogP contribution in [0.5, 0.6) is 0 Å². The van der Waals surface area contributed by atoms with Crippen molar-refractivity contribution in [3.8, 4) is 11.3 Å². The molecule has 0 amide bonds. The molecule has 1 aliphatic carbocycles. The summed E-state index contributed by atoms with van der Waals surface area (Å²) in [5, 5.41) is 19.6. The number of aromatic amines is 1. The third-order valence-electron chi connectivity index (χ3n) is 6.98. The molecule has 3 N–H and O–H groups in total. The standard InChI is InChI=1S/C26H29FN8O2/c1-28-26(11-12-33(2)3)10-9-16(13-21(26)35(36)37)30-25-31-23(22-19(27)14-29-24(22)32-25)18-15-34(4)20-8-6-5-7-17(18)20/h5-10,13-15,21,28H,11-12H2,1-4H3,(H2,29,30,31,32). The summed E-state index contributed by atoms with van der Waals surface area (Å²) in [5.74, 6) is -0.241. The van der Waals surface area contributed by atoms with Crippen LogP contribution < -0.4 is 10.6 Å². The lowest BCUT2D eigenvalue weighted by Gasteiger charge is -2.35. The minimum absolute atomic E-state index is 0.209. The summed E-state index contributed by atoms with van der Waals surface area (Å²) >= 11 is 0. The molecule has 0 aliphatic heterocycles. The number of H-pyrrole nitrogens is 1. The number of hydrogen-bond donors (Lipinski definition) is 3. The molecule has 3 heterocycles. The van der Waals surface area contributed by atoms with E-state index in [1.165, 1.54) is 6.20 Å². The van der Waals surface area contributed by atoms with Crippen LogP contribution in [0.2, 0.25) is 0 Å². The minimum atomic E-state index is -1.01. The zero-order valence-corrected chi connectivity index (χ0v) is 21.1. The molecule has 2 unspecified atom stereocenters. The van der Waals surface area contributed by atoms with Crippen molar-refractivity contribution < 1.29 is 9.31 Å². The molecule has 11 heteroatoms. The fraction of sp³-hybridized carbons (Fsp3) is 0.308. The van der Waals surface area contributed by atoms with Crippen molar-refractivity contribution in [1.29, 1.82) is 0 Å². The molecule has 1 aromatic carbocycles. The van der Waals surface area contributed by atoms with Crippen LogP contribution >= 0.6 is 0 Å². The van der Waals surface area contributed by atoms with Crippen LogP contribution in [0.25, 0.3) is 33.2 Å². The largest absolute Gasteiger partial charge is 0.350 e.